The van der Waals surface area contributed by atoms with Crippen molar-refractivity contribution in [3.63, 3.8) is 0 Å². The van der Waals surface area contributed by atoms with Crippen molar-refractivity contribution in [1.29, 1.82) is 0 Å². The summed E-state index contributed by atoms with van der Waals surface area (Å²) >= 11 is 0. The standard InChI is InChI=1S/C30H39N3O4/c34-25(20-31-13-10-22-4-1-2-5-23(22)19-31)21-33-16-17-36-29-18-27(8-9-28(29)30(33)35)37-26-11-14-32(15-12-26)24-6-3-7-24/h1-2,4-5,8-9,18,24-26,34H,3,6-7,10-17,19-21H2/t25-/m1/s1. The molecule has 2 aromatic rings. The number of benzene rings is 2. The van der Waals surface area contributed by atoms with E-state index in [2.05, 4.69) is 34.1 Å². The molecule has 4 aliphatic rings. The lowest BCUT2D eigenvalue weighted by atomic mass is 9.90. The number of hydrogen-bond donors (Lipinski definition) is 1. The molecule has 7 nitrogen and oxygen atoms in total. The van der Waals surface area contributed by atoms with Gasteiger partial charge in [-0.1, -0.05) is 30.7 Å². The predicted molar refractivity (Wildman–Crippen MR) is 142 cm³/mol. The first-order valence-corrected chi connectivity index (χ1v) is 14.1. The van der Waals surface area contributed by atoms with E-state index >= 15 is 0 Å². The summed E-state index contributed by atoms with van der Waals surface area (Å²) in [6.07, 6.45) is 6.76. The van der Waals surface area contributed by atoms with Crippen LogP contribution in [0.4, 0.5) is 0 Å². The lowest BCUT2D eigenvalue weighted by Crippen LogP contribution is -2.46. The largest absolute Gasteiger partial charge is 0.491 e. The van der Waals surface area contributed by atoms with Crippen molar-refractivity contribution in [3.8, 4) is 11.5 Å². The number of β-amino-alcohol motifs (C(OH)–C–C–N with tert-alkyl or cyclic N) is 1. The molecule has 2 aromatic carbocycles. The number of likely N-dealkylation sites (tertiary alicyclic amines) is 1. The molecule has 1 amide bonds. The Balaban J connectivity index is 1.03. The summed E-state index contributed by atoms with van der Waals surface area (Å²) in [5.74, 6) is 1.27. The number of rotatable bonds is 7. The molecule has 7 heteroatoms. The molecule has 1 aliphatic carbocycles. The number of hydrogen-bond acceptors (Lipinski definition) is 6. The molecule has 0 spiro atoms. The highest BCUT2D eigenvalue weighted by Crippen LogP contribution is 2.32. The van der Waals surface area contributed by atoms with Gasteiger partial charge in [-0.2, -0.15) is 0 Å². The monoisotopic (exact) mass is 505 g/mol. The van der Waals surface area contributed by atoms with Crippen LogP contribution in [0.15, 0.2) is 42.5 Å². The number of ether oxygens (including phenoxy) is 2. The van der Waals surface area contributed by atoms with E-state index in [1.165, 1.54) is 30.4 Å². The van der Waals surface area contributed by atoms with Crippen molar-refractivity contribution < 1.29 is 19.4 Å². The van der Waals surface area contributed by atoms with Gasteiger partial charge in [-0.3, -0.25) is 9.69 Å². The molecular formula is C30H39N3O4. The van der Waals surface area contributed by atoms with Crippen LogP contribution in [0, 0.1) is 0 Å². The van der Waals surface area contributed by atoms with Crippen LogP contribution in [0.3, 0.4) is 0 Å². The number of aliphatic hydroxyl groups is 1. The minimum absolute atomic E-state index is 0.0871. The van der Waals surface area contributed by atoms with Gasteiger partial charge in [0.1, 0.15) is 24.2 Å². The maximum absolute atomic E-state index is 13.3. The molecule has 3 aliphatic heterocycles. The van der Waals surface area contributed by atoms with Crippen molar-refractivity contribution >= 4 is 5.91 Å². The third-order valence-electron chi connectivity index (χ3n) is 8.57. The Labute approximate surface area is 219 Å². The van der Waals surface area contributed by atoms with Crippen LogP contribution in [0.2, 0.25) is 0 Å². The highest BCUT2D eigenvalue weighted by molar-refractivity contribution is 5.97. The molecule has 1 N–H and O–H groups in total. The Bertz CT molecular complexity index is 1100. The molecule has 1 saturated carbocycles. The number of aliphatic hydroxyl groups excluding tert-OH is 1. The second-order valence-corrected chi connectivity index (χ2v) is 11.1. The minimum atomic E-state index is -0.607. The number of carbonyl (C=O) groups is 1. The molecule has 1 saturated heterocycles. The zero-order valence-electron chi connectivity index (χ0n) is 21.7. The Morgan fingerprint density at radius 1 is 0.973 bits per heavy atom. The smallest absolute Gasteiger partial charge is 0.257 e. The number of nitrogens with zero attached hydrogens (tertiary/aromatic N) is 3. The van der Waals surface area contributed by atoms with Crippen molar-refractivity contribution in [2.45, 2.75) is 63.3 Å². The van der Waals surface area contributed by atoms with E-state index in [9.17, 15) is 9.90 Å². The second-order valence-electron chi connectivity index (χ2n) is 11.1. The van der Waals surface area contributed by atoms with E-state index in [-0.39, 0.29) is 12.0 Å². The average molecular weight is 506 g/mol. The van der Waals surface area contributed by atoms with Gasteiger partial charge in [-0.05, 0) is 55.4 Å². The van der Waals surface area contributed by atoms with E-state index in [0.29, 0.717) is 37.6 Å². The highest BCUT2D eigenvalue weighted by Gasteiger charge is 2.30. The van der Waals surface area contributed by atoms with Crippen LogP contribution in [-0.2, 0) is 13.0 Å². The van der Waals surface area contributed by atoms with Crippen LogP contribution in [-0.4, -0.2) is 89.8 Å². The van der Waals surface area contributed by atoms with E-state index in [1.54, 1.807) is 4.90 Å². The summed E-state index contributed by atoms with van der Waals surface area (Å²) in [5.41, 5.74) is 3.27. The lowest BCUT2D eigenvalue weighted by molar-refractivity contribution is 0.0492. The van der Waals surface area contributed by atoms with Crippen molar-refractivity contribution in [1.82, 2.24) is 14.7 Å². The zero-order valence-corrected chi connectivity index (χ0v) is 21.7. The van der Waals surface area contributed by atoms with Gasteiger partial charge < -0.3 is 24.4 Å². The first-order chi connectivity index (χ1) is 18.1. The first-order valence-electron chi connectivity index (χ1n) is 14.1. The van der Waals surface area contributed by atoms with Crippen LogP contribution in [0.25, 0.3) is 0 Å². The van der Waals surface area contributed by atoms with E-state index in [1.807, 2.05) is 18.2 Å². The molecular weight excluding hydrogens is 466 g/mol. The molecule has 0 aromatic heterocycles. The Hall–Kier alpha value is -2.61. The second kappa shape index (κ2) is 11.0. The summed E-state index contributed by atoms with van der Waals surface area (Å²) < 4.78 is 12.3. The molecule has 0 bridgehead atoms. The maximum atomic E-state index is 13.3. The summed E-state index contributed by atoms with van der Waals surface area (Å²) in [6.45, 7) is 5.71. The van der Waals surface area contributed by atoms with Crippen LogP contribution in [0.5, 0.6) is 11.5 Å². The molecule has 37 heavy (non-hydrogen) atoms. The van der Waals surface area contributed by atoms with Gasteiger partial charge in [0.25, 0.3) is 5.91 Å². The molecule has 0 unspecified atom stereocenters. The van der Waals surface area contributed by atoms with Gasteiger partial charge in [-0.15, -0.1) is 0 Å². The van der Waals surface area contributed by atoms with Crippen LogP contribution in [0.1, 0.15) is 53.6 Å². The van der Waals surface area contributed by atoms with Gasteiger partial charge in [0.2, 0.25) is 0 Å². The summed E-state index contributed by atoms with van der Waals surface area (Å²) in [4.78, 5) is 20.0. The van der Waals surface area contributed by atoms with Crippen LogP contribution < -0.4 is 9.47 Å². The van der Waals surface area contributed by atoms with Gasteiger partial charge in [0.05, 0.1) is 18.2 Å². The Morgan fingerprint density at radius 3 is 2.57 bits per heavy atom. The fourth-order valence-corrected chi connectivity index (χ4v) is 6.21. The normalized spacial score (nSPS) is 22.4. The lowest BCUT2D eigenvalue weighted by Gasteiger charge is -2.41. The topological polar surface area (TPSA) is 65.5 Å². The molecule has 3 heterocycles. The van der Waals surface area contributed by atoms with Gasteiger partial charge in [-0.25, -0.2) is 0 Å². The Morgan fingerprint density at radius 2 is 1.78 bits per heavy atom. The number of amides is 1. The highest BCUT2D eigenvalue weighted by atomic mass is 16.5. The van der Waals surface area contributed by atoms with E-state index < -0.39 is 6.10 Å². The van der Waals surface area contributed by atoms with Crippen molar-refractivity contribution in [2.24, 2.45) is 0 Å². The molecule has 198 valence electrons. The van der Waals surface area contributed by atoms with Crippen molar-refractivity contribution in [3.05, 3.63) is 59.2 Å². The van der Waals surface area contributed by atoms with Crippen LogP contribution >= 0.6 is 0 Å². The minimum Gasteiger partial charge on any atom is -0.491 e. The molecule has 1 atom stereocenters. The quantitative estimate of drug-likeness (QED) is 0.623. The third kappa shape index (κ3) is 5.64. The predicted octanol–water partition coefficient (Wildman–Crippen LogP) is 3.34. The molecule has 0 radical (unpaired) electrons. The zero-order chi connectivity index (χ0) is 25.2. The molecule has 2 fully saturated rings. The van der Waals surface area contributed by atoms with Crippen molar-refractivity contribution in [2.75, 3.05) is 45.9 Å². The summed E-state index contributed by atoms with van der Waals surface area (Å²) in [5, 5.41) is 10.9. The number of carbonyl (C=O) groups excluding carboxylic acids is 1. The fraction of sp³-hybridized carbons (Fsp3) is 0.567. The number of fused-ring (bicyclic) bond motifs is 2. The van der Waals surface area contributed by atoms with Gasteiger partial charge >= 0.3 is 0 Å². The SMILES string of the molecule is O=C1c2ccc(OC3CCN(C4CCC4)CC3)cc2OCCN1C[C@H](O)CN1CCc2ccccc2C1. The van der Waals surface area contributed by atoms with Gasteiger partial charge in [0.15, 0.2) is 0 Å². The van der Waals surface area contributed by atoms with E-state index in [0.717, 1.165) is 57.2 Å². The maximum Gasteiger partial charge on any atom is 0.257 e. The van der Waals surface area contributed by atoms with E-state index in [4.69, 9.17) is 9.47 Å². The molecule has 6 rings (SSSR count). The Kier molecular flexibility index (Phi) is 7.36. The number of piperidine rings is 1. The first kappa shape index (κ1) is 24.7. The van der Waals surface area contributed by atoms with Gasteiger partial charge in [0, 0.05) is 51.4 Å². The fourth-order valence-electron chi connectivity index (χ4n) is 6.21. The summed E-state index contributed by atoms with van der Waals surface area (Å²) in [6, 6.07) is 14.9. The third-order valence-corrected chi connectivity index (χ3v) is 8.57. The summed E-state index contributed by atoms with van der Waals surface area (Å²) in [7, 11) is 0. The average Bonchev–Trinajstić information content (AvgIpc) is 3.02.